The number of benzene rings is 2. The molecule has 32 heavy (non-hydrogen) atoms. The predicted octanol–water partition coefficient (Wildman–Crippen LogP) is 1.16. The number of nitriles is 1. The number of hydrogen-bond acceptors (Lipinski definition) is 6. The normalized spacial score (nSPS) is 18.1. The van der Waals surface area contributed by atoms with Gasteiger partial charge in [0.05, 0.1) is 24.3 Å². The van der Waals surface area contributed by atoms with Crippen molar-refractivity contribution in [3.63, 3.8) is 0 Å². The third-order valence-electron chi connectivity index (χ3n) is 5.20. The fourth-order valence-corrected chi connectivity index (χ4v) is 3.40. The van der Waals surface area contributed by atoms with E-state index >= 15 is 0 Å². The lowest BCUT2D eigenvalue weighted by molar-refractivity contribution is -0.164. The molecule has 0 aromatic heterocycles. The molecule has 3 rings (SSSR count). The van der Waals surface area contributed by atoms with Gasteiger partial charge in [0.25, 0.3) is 5.91 Å². The largest absolute Gasteiger partial charge is 0.394 e. The summed E-state index contributed by atoms with van der Waals surface area (Å²) in [5, 5.41) is 21.7. The van der Waals surface area contributed by atoms with E-state index in [1.807, 2.05) is 6.07 Å². The van der Waals surface area contributed by atoms with E-state index in [4.69, 9.17) is 10.00 Å². The number of hydrogen-bond donors (Lipinski definition) is 2. The summed E-state index contributed by atoms with van der Waals surface area (Å²) in [6, 6.07) is 14.5. The first-order chi connectivity index (χ1) is 15.3. The fraction of sp³-hybridized carbons (Fsp3) is 0.304. The lowest BCUT2D eigenvalue weighted by Crippen LogP contribution is -2.55. The van der Waals surface area contributed by atoms with E-state index in [1.165, 1.54) is 15.9 Å². The highest BCUT2D eigenvalue weighted by Crippen LogP contribution is 2.30. The van der Waals surface area contributed by atoms with Gasteiger partial charge < -0.3 is 25.0 Å². The van der Waals surface area contributed by atoms with Crippen LogP contribution in [0, 0.1) is 11.3 Å². The van der Waals surface area contributed by atoms with Crippen molar-refractivity contribution in [3.8, 4) is 6.07 Å². The first-order valence-corrected chi connectivity index (χ1v) is 9.97. The molecule has 2 unspecified atom stereocenters. The molecule has 2 aromatic carbocycles. The number of rotatable bonds is 6. The van der Waals surface area contributed by atoms with Crippen LogP contribution < -0.4 is 5.32 Å². The van der Waals surface area contributed by atoms with Crippen molar-refractivity contribution in [1.82, 2.24) is 9.80 Å². The van der Waals surface area contributed by atoms with E-state index in [1.54, 1.807) is 56.6 Å². The highest BCUT2D eigenvalue weighted by atomic mass is 16.5. The number of carbonyl (C=O) groups is 3. The van der Waals surface area contributed by atoms with Gasteiger partial charge in [-0.05, 0) is 35.9 Å². The third kappa shape index (κ3) is 5.11. The van der Waals surface area contributed by atoms with E-state index in [2.05, 4.69) is 5.32 Å². The number of ether oxygens (including phenoxy) is 1. The maximum absolute atomic E-state index is 12.4. The van der Waals surface area contributed by atoms with Crippen molar-refractivity contribution in [2.24, 2.45) is 0 Å². The Labute approximate surface area is 185 Å². The van der Waals surface area contributed by atoms with Crippen molar-refractivity contribution in [1.29, 1.82) is 5.26 Å². The van der Waals surface area contributed by atoms with Crippen LogP contribution in [0.4, 0.5) is 5.69 Å². The van der Waals surface area contributed by atoms with Crippen LogP contribution in [0.2, 0.25) is 0 Å². The van der Waals surface area contributed by atoms with Crippen LogP contribution >= 0.6 is 0 Å². The number of nitrogens with zero attached hydrogens (tertiary/aromatic N) is 3. The maximum atomic E-state index is 12.4. The van der Waals surface area contributed by atoms with Gasteiger partial charge in [0.15, 0.2) is 0 Å². The quantitative estimate of drug-likeness (QED) is 0.701. The van der Waals surface area contributed by atoms with Gasteiger partial charge in [0.2, 0.25) is 11.8 Å². The average molecular weight is 436 g/mol. The predicted molar refractivity (Wildman–Crippen MR) is 116 cm³/mol. The highest BCUT2D eigenvalue weighted by molar-refractivity contribution is 6.04. The van der Waals surface area contributed by atoms with Gasteiger partial charge in [0, 0.05) is 25.3 Å². The van der Waals surface area contributed by atoms with Crippen LogP contribution in [0.5, 0.6) is 0 Å². The van der Waals surface area contributed by atoms with E-state index < -0.39 is 12.1 Å². The summed E-state index contributed by atoms with van der Waals surface area (Å²) < 4.78 is 5.67. The second kappa shape index (κ2) is 10.0. The van der Waals surface area contributed by atoms with Crippen LogP contribution in [0.25, 0.3) is 0 Å². The molecule has 2 atom stereocenters. The van der Waals surface area contributed by atoms with Gasteiger partial charge in [-0.3, -0.25) is 14.4 Å². The first kappa shape index (κ1) is 22.9. The molecule has 2 N–H and O–H groups in total. The summed E-state index contributed by atoms with van der Waals surface area (Å²) in [7, 11) is 3.20. The Kier molecular flexibility index (Phi) is 7.20. The molecule has 0 radical (unpaired) electrons. The Morgan fingerprint density at radius 2 is 1.97 bits per heavy atom. The number of nitrogens with one attached hydrogen (secondary N) is 1. The summed E-state index contributed by atoms with van der Waals surface area (Å²) in [6.07, 6.45) is -0.621. The fourth-order valence-electron chi connectivity index (χ4n) is 3.40. The Balaban J connectivity index is 1.74. The average Bonchev–Trinajstić information content (AvgIpc) is 2.80. The summed E-state index contributed by atoms with van der Waals surface area (Å²) in [6.45, 7) is -0.715. The molecular weight excluding hydrogens is 412 g/mol. The van der Waals surface area contributed by atoms with Crippen molar-refractivity contribution in [2.45, 2.75) is 12.1 Å². The molecule has 0 aliphatic carbocycles. The van der Waals surface area contributed by atoms with E-state index in [0.29, 0.717) is 22.4 Å². The molecule has 3 amide bonds. The maximum Gasteiger partial charge on any atom is 0.255 e. The van der Waals surface area contributed by atoms with Gasteiger partial charge in [-0.1, -0.05) is 18.2 Å². The molecule has 1 saturated heterocycles. The summed E-state index contributed by atoms with van der Waals surface area (Å²) in [4.78, 5) is 39.6. The number of morpholine rings is 1. The SMILES string of the molecule is CN(C)C(=O)CN1C(=O)COC(c2ccc(NC(=O)c3cccc(C#N)c3)cc2)C1CO. The Bertz CT molecular complexity index is 1050. The molecule has 9 nitrogen and oxygen atoms in total. The molecule has 9 heteroatoms. The smallest absolute Gasteiger partial charge is 0.255 e. The number of aliphatic hydroxyl groups is 1. The molecule has 0 spiro atoms. The third-order valence-corrected chi connectivity index (χ3v) is 5.20. The van der Waals surface area contributed by atoms with Gasteiger partial charge in [0.1, 0.15) is 19.3 Å². The van der Waals surface area contributed by atoms with Crippen LogP contribution in [0.3, 0.4) is 0 Å². The van der Waals surface area contributed by atoms with E-state index in [9.17, 15) is 19.5 Å². The molecule has 1 fully saturated rings. The van der Waals surface area contributed by atoms with Crippen molar-refractivity contribution >= 4 is 23.4 Å². The Morgan fingerprint density at radius 1 is 1.25 bits per heavy atom. The number of anilines is 1. The summed E-state index contributed by atoms with van der Waals surface area (Å²) in [5.74, 6) is -0.967. The molecular formula is C23H24N4O5. The molecule has 1 heterocycles. The first-order valence-electron chi connectivity index (χ1n) is 9.97. The number of likely N-dealkylation sites (N-methyl/N-ethyl adjacent to an activating group) is 1. The Morgan fingerprint density at radius 3 is 2.59 bits per heavy atom. The minimum atomic E-state index is -0.714. The zero-order valence-electron chi connectivity index (χ0n) is 17.8. The monoisotopic (exact) mass is 436 g/mol. The minimum Gasteiger partial charge on any atom is -0.394 e. The summed E-state index contributed by atoms with van der Waals surface area (Å²) >= 11 is 0. The molecule has 0 saturated carbocycles. The molecule has 1 aliphatic rings. The zero-order valence-corrected chi connectivity index (χ0v) is 17.8. The minimum absolute atomic E-state index is 0.146. The van der Waals surface area contributed by atoms with Gasteiger partial charge in [-0.2, -0.15) is 5.26 Å². The second-order valence-corrected chi connectivity index (χ2v) is 7.56. The van der Waals surface area contributed by atoms with Crippen molar-refractivity contribution < 1.29 is 24.2 Å². The second-order valence-electron chi connectivity index (χ2n) is 7.56. The Hall–Kier alpha value is -3.74. The lowest BCUT2D eigenvalue weighted by Gasteiger charge is -2.40. The number of aliphatic hydroxyl groups excluding tert-OH is 1. The van der Waals surface area contributed by atoms with Crippen LogP contribution in [-0.2, 0) is 14.3 Å². The van der Waals surface area contributed by atoms with Crippen LogP contribution in [0.15, 0.2) is 48.5 Å². The molecule has 0 bridgehead atoms. The van der Waals surface area contributed by atoms with Gasteiger partial charge >= 0.3 is 0 Å². The topological polar surface area (TPSA) is 123 Å². The number of carbonyl (C=O) groups excluding carboxylic acids is 3. The van der Waals surface area contributed by atoms with Crippen LogP contribution in [0.1, 0.15) is 27.6 Å². The van der Waals surface area contributed by atoms with E-state index in [0.717, 1.165) is 0 Å². The standard InChI is InChI=1S/C23H24N4O5/c1-26(2)20(29)12-27-19(13-28)22(32-14-21(27)30)16-6-8-18(9-7-16)25-23(31)17-5-3-4-15(10-17)11-24/h3-10,19,22,28H,12-14H2,1-2H3,(H,25,31). The lowest BCUT2D eigenvalue weighted by atomic mass is 9.99. The molecule has 2 aromatic rings. The highest BCUT2D eigenvalue weighted by Gasteiger charge is 2.38. The van der Waals surface area contributed by atoms with Crippen molar-refractivity contribution in [2.75, 3.05) is 39.2 Å². The van der Waals surface area contributed by atoms with Crippen molar-refractivity contribution in [3.05, 3.63) is 65.2 Å². The molecule has 166 valence electrons. The van der Waals surface area contributed by atoms with Gasteiger partial charge in [-0.25, -0.2) is 0 Å². The van der Waals surface area contributed by atoms with Crippen LogP contribution in [-0.4, -0.2) is 72.5 Å². The molecule has 1 aliphatic heterocycles. The zero-order chi connectivity index (χ0) is 23.3. The van der Waals surface area contributed by atoms with E-state index in [-0.39, 0.29) is 37.5 Å². The number of amides is 3. The van der Waals surface area contributed by atoms with Gasteiger partial charge in [-0.15, -0.1) is 0 Å². The summed E-state index contributed by atoms with van der Waals surface area (Å²) in [5.41, 5.74) is 1.99.